The van der Waals surface area contributed by atoms with Gasteiger partial charge in [0.2, 0.25) is 0 Å². The molecule has 0 unspecified atom stereocenters. The number of esters is 1. The summed E-state index contributed by atoms with van der Waals surface area (Å²) in [5.74, 6) is -2.40. The molecule has 1 amide bonds. The molecule has 3 N–H and O–H groups in total. The summed E-state index contributed by atoms with van der Waals surface area (Å²) >= 11 is 0. The SMILES string of the molecule is CC(C)(C)OC(=O)N[C@@H](Cc1ccc(O)c(C(=O)O)c1)C(=O)OCc1ccccc1. The Kier molecular flexibility index (Phi) is 7.41. The summed E-state index contributed by atoms with van der Waals surface area (Å²) in [4.78, 5) is 36.1. The summed E-state index contributed by atoms with van der Waals surface area (Å²) in [5.41, 5.74) is 0.126. The van der Waals surface area contributed by atoms with Crippen LogP contribution in [0.25, 0.3) is 0 Å². The van der Waals surface area contributed by atoms with Gasteiger partial charge in [-0.25, -0.2) is 14.4 Å². The van der Waals surface area contributed by atoms with Crippen LogP contribution in [0.5, 0.6) is 5.75 Å². The van der Waals surface area contributed by atoms with E-state index in [2.05, 4.69) is 5.32 Å². The van der Waals surface area contributed by atoms with Gasteiger partial charge in [0, 0.05) is 6.42 Å². The molecule has 1 atom stereocenters. The number of alkyl carbamates (subject to hydrolysis) is 1. The molecule has 2 aromatic rings. The molecule has 0 aliphatic rings. The van der Waals surface area contributed by atoms with Crippen molar-refractivity contribution in [1.82, 2.24) is 5.32 Å². The first-order valence-electron chi connectivity index (χ1n) is 9.30. The van der Waals surface area contributed by atoms with E-state index in [0.717, 1.165) is 5.56 Å². The van der Waals surface area contributed by atoms with E-state index in [1.165, 1.54) is 18.2 Å². The van der Waals surface area contributed by atoms with Gasteiger partial charge in [-0.1, -0.05) is 36.4 Å². The van der Waals surface area contributed by atoms with E-state index in [9.17, 15) is 24.6 Å². The van der Waals surface area contributed by atoms with Crippen molar-refractivity contribution >= 4 is 18.0 Å². The largest absolute Gasteiger partial charge is 0.507 e. The van der Waals surface area contributed by atoms with Gasteiger partial charge in [0.1, 0.15) is 29.6 Å². The van der Waals surface area contributed by atoms with E-state index in [1.807, 2.05) is 18.2 Å². The first-order chi connectivity index (χ1) is 14.0. The highest BCUT2D eigenvalue weighted by molar-refractivity contribution is 5.91. The molecule has 0 spiro atoms. The lowest BCUT2D eigenvalue weighted by Gasteiger charge is -2.23. The topological polar surface area (TPSA) is 122 Å². The number of carboxylic acid groups (broad SMARTS) is 1. The number of ether oxygens (including phenoxy) is 2. The minimum Gasteiger partial charge on any atom is -0.507 e. The lowest BCUT2D eigenvalue weighted by molar-refractivity contribution is -0.147. The van der Waals surface area contributed by atoms with Crippen LogP contribution in [0.3, 0.4) is 0 Å². The van der Waals surface area contributed by atoms with Gasteiger partial charge in [-0.2, -0.15) is 0 Å². The zero-order valence-electron chi connectivity index (χ0n) is 17.0. The lowest BCUT2D eigenvalue weighted by Crippen LogP contribution is -2.45. The molecule has 0 fully saturated rings. The Labute approximate surface area is 174 Å². The summed E-state index contributed by atoms with van der Waals surface area (Å²) in [6.45, 7) is 5.08. The zero-order valence-corrected chi connectivity index (χ0v) is 17.0. The first kappa shape index (κ1) is 22.7. The van der Waals surface area contributed by atoms with Crippen molar-refractivity contribution in [1.29, 1.82) is 0 Å². The van der Waals surface area contributed by atoms with Crippen LogP contribution in [0.2, 0.25) is 0 Å². The van der Waals surface area contributed by atoms with Crippen molar-refractivity contribution < 1.29 is 34.1 Å². The second-order valence-corrected chi connectivity index (χ2v) is 7.65. The summed E-state index contributed by atoms with van der Waals surface area (Å²) in [6, 6.07) is 11.9. The lowest BCUT2D eigenvalue weighted by atomic mass is 10.0. The monoisotopic (exact) mass is 415 g/mol. The third kappa shape index (κ3) is 7.12. The molecule has 0 aromatic heterocycles. The highest BCUT2D eigenvalue weighted by Gasteiger charge is 2.26. The second-order valence-electron chi connectivity index (χ2n) is 7.65. The molecule has 0 bridgehead atoms. The van der Waals surface area contributed by atoms with Gasteiger partial charge >= 0.3 is 18.0 Å². The van der Waals surface area contributed by atoms with E-state index in [0.29, 0.717) is 5.56 Å². The third-order valence-electron chi connectivity index (χ3n) is 3.93. The van der Waals surface area contributed by atoms with Crippen LogP contribution in [-0.4, -0.2) is 39.9 Å². The maximum atomic E-state index is 12.6. The Hall–Kier alpha value is -3.55. The van der Waals surface area contributed by atoms with Crippen LogP contribution in [0.1, 0.15) is 42.3 Å². The summed E-state index contributed by atoms with van der Waals surface area (Å²) < 4.78 is 10.5. The molecule has 2 aromatic carbocycles. The number of amides is 1. The van der Waals surface area contributed by atoms with Crippen molar-refractivity contribution in [2.45, 2.75) is 45.4 Å². The number of carboxylic acids is 1. The van der Waals surface area contributed by atoms with Crippen LogP contribution in [-0.2, 0) is 27.3 Å². The Bertz CT molecular complexity index is 903. The molecule has 2 rings (SSSR count). The third-order valence-corrected chi connectivity index (χ3v) is 3.93. The number of phenols is 1. The quantitative estimate of drug-likeness (QED) is 0.593. The van der Waals surface area contributed by atoms with E-state index >= 15 is 0 Å². The molecule has 160 valence electrons. The van der Waals surface area contributed by atoms with E-state index < -0.39 is 35.4 Å². The molecular weight excluding hydrogens is 390 g/mol. The van der Waals surface area contributed by atoms with Crippen molar-refractivity contribution in [2.24, 2.45) is 0 Å². The van der Waals surface area contributed by atoms with Crippen molar-refractivity contribution in [3.8, 4) is 5.75 Å². The second kappa shape index (κ2) is 9.78. The number of benzene rings is 2. The first-order valence-corrected chi connectivity index (χ1v) is 9.30. The van der Waals surface area contributed by atoms with Crippen LogP contribution in [0, 0.1) is 0 Å². The minimum atomic E-state index is -1.31. The average Bonchev–Trinajstić information content (AvgIpc) is 2.66. The van der Waals surface area contributed by atoms with E-state index in [1.54, 1.807) is 32.9 Å². The number of carbonyl (C=O) groups excluding carboxylic acids is 2. The molecule has 0 aliphatic heterocycles. The summed E-state index contributed by atoms with van der Waals surface area (Å²) in [7, 11) is 0. The molecular formula is C22H25NO7. The zero-order chi connectivity index (χ0) is 22.3. The Morgan fingerprint density at radius 2 is 1.70 bits per heavy atom. The van der Waals surface area contributed by atoms with Crippen LogP contribution in [0.15, 0.2) is 48.5 Å². The molecule has 0 saturated heterocycles. The predicted molar refractivity (Wildman–Crippen MR) is 108 cm³/mol. The standard InChI is InChI=1S/C22H25NO7/c1-22(2,3)30-21(28)23-17(20(27)29-13-14-7-5-4-6-8-14)12-15-9-10-18(24)16(11-15)19(25)26/h4-11,17,24H,12-13H2,1-3H3,(H,23,28)(H,25,26)/t17-/m0/s1. The number of carbonyl (C=O) groups is 3. The number of nitrogens with one attached hydrogen (secondary N) is 1. The maximum Gasteiger partial charge on any atom is 0.408 e. The van der Waals surface area contributed by atoms with Crippen molar-refractivity contribution in [3.63, 3.8) is 0 Å². The van der Waals surface area contributed by atoms with E-state index in [4.69, 9.17) is 9.47 Å². The average molecular weight is 415 g/mol. The maximum absolute atomic E-state index is 12.6. The normalized spacial score (nSPS) is 12.0. The Morgan fingerprint density at radius 3 is 2.30 bits per heavy atom. The van der Waals surface area contributed by atoms with Crippen LogP contribution >= 0.6 is 0 Å². The molecule has 0 saturated carbocycles. The molecule has 0 aliphatic carbocycles. The molecule has 8 nitrogen and oxygen atoms in total. The number of rotatable bonds is 7. The molecule has 0 radical (unpaired) electrons. The number of hydrogen-bond donors (Lipinski definition) is 3. The van der Waals surface area contributed by atoms with Crippen LogP contribution in [0.4, 0.5) is 4.79 Å². The summed E-state index contributed by atoms with van der Waals surface area (Å²) in [6.07, 6.45) is -0.852. The van der Waals surface area contributed by atoms with Gasteiger partial charge in [-0.05, 0) is 44.0 Å². The van der Waals surface area contributed by atoms with E-state index in [-0.39, 0.29) is 18.6 Å². The van der Waals surface area contributed by atoms with Gasteiger partial charge < -0.3 is 25.0 Å². The van der Waals surface area contributed by atoms with Crippen LogP contribution < -0.4 is 5.32 Å². The number of aromatic carboxylic acids is 1. The minimum absolute atomic E-state index is 0.0160. The Balaban J connectivity index is 2.17. The molecule has 30 heavy (non-hydrogen) atoms. The fraction of sp³-hybridized carbons (Fsp3) is 0.318. The number of hydrogen-bond acceptors (Lipinski definition) is 6. The number of aromatic hydroxyl groups is 1. The van der Waals surface area contributed by atoms with Gasteiger partial charge in [-0.15, -0.1) is 0 Å². The molecule has 0 heterocycles. The fourth-order valence-electron chi connectivity index (χ4n) is 2.59. The fourth-order valence-corrected chi connectivity index (χ4v) is 2.59. The van der Waals surface area contributed by atoms with Crippen molar-refractivity contribution in [2.75, 3.05) is 0 Å². The van der Waals surface area contributed by atoms with Crippen molar-refractivity contribution in [3.05, 3.63) is 65.2 Å². The summed E-state index contributed by atoms with van der Waals surface area (Å²) in [5, 5.41) is 21.3. The smallest absolute Gasteiger partial charge is 0.408 e. The molecule has 8 heteroatoms. The highest BCUT2D eigenvalue weighted by atomic mass is 16.6. The van der Waals surface area contributed by atoms with Gasteiger partial charge in [0.25, 0.3) is 0 Å². The van der Waals surface area contributed by atoms with Gasteiger partial charge in [0.05, 0.1) is 0 Å². The Morgan fingerprint density at radius 1 is 1.03 bits per heavy atom. The highest BCUT2D eigenvalue weighted by Crippen LogP contribution is 2.20. The predicted octanol–water partition coefficient (Wildman–Crippen LogP) is 3.27. The van der Waals surface area contributed by atoms with Gasteiger partial charge in [-0.3, -0.25) is 0 Å². The van der Waals surface area contributed by atoms with Gasteiger partial charge in [0.15, 0.2) is 0 Å².